The summed E-state index contributed by atoms with van der Waals surface area (Å²) in [4.78, 5) is 23.0. The minimum Gasteiger partial charge on any atom is -0.466 e. The fraction of sp³-hybridized carbons (Fsp3) is 0.500. The lowest BCUT2D eigenvalue weighted by atomic mass is 10.1. The van der Waals surface area contributed by atoms with Gasteiger partial charge in [0.15, 0.2) is 0 Å². The maximum atomic E-state index is 12.2. The third-order valence-corrected chi connectivity index (χ3v) is 5.67. The van der Waals surface area contributed by atoms with Gasteiger partial charge in [0.25, 0.3) is 10.0 Å². The molecule has 0 atom stereocenters. The zero-order valence-corrected chi connectivity index (χ0v) is 18.4. The zero-order chi connectivity index (χ0) is 21.7. The Morgan fingerprint density at radius 1 is 1.14 bits per heavy atom. The van der Waals surface area contributed by atoms with E-state index in [1.807, 2.05) is 4.72 Å². The lowest BCUT2D eigenvalue weighted by Crippen LogP contribution is -2.39. The number of allylic oxidation sites excluding steroid dienone is 1. The van der Waals surface area contributed by atoms with E-state index >= 15 is 0 Å². The molecule has 0 heterocycles. The predicted octanol–water partition coefficient (Wildman–Crippen LogP) is 4.23. The summed E-state index contributed by atoms with van der Waals surface area (Å²) in [5.41, 5.74) is 0.628. The normalized spacial score (nSPS) is 11.8. The molecule has 0 radical (unpaired) electrons. The average Bonchev–Trinajstić information content (AvgIpc) is 2.63. The number of esters is 1. The SMILES string of the molecule is CCOC(=O)CCCCCCCNC(=O)NS(=O)(=O)/C(C)=C/c1cccc(Cl)c1. The van der Waals surface area contributed by atoms with Crippen molar-refractivity contribution < 1.29 is 22.7 Å². The topological polar surface area (TPSA) is 102 Å². The molecule has 0 aliphatic carbocycles. The molecule has 0 aliphatic rings. The number of sulfonamides is 1. The van der Waals surface area contributed by atoms with Crippen LogP contribution in [0, 0.1) is 0 Å². The molecule has 0 unspecified atom stereocenters. The Hall–Kier alpha value is -2.06. The molecule has 0 spiro atoms. The zero-order valence-electron chi connectivity index (χ0n) is 16.9. The number of nitrogens with one attached hydrogen (secondary N) is 2. The van der Waals surface area contributed by atoms with Gasteiger partial charge in [-0.25, -0.2) is 17.9 Å². The molecule has 1 aromatic carbocycles. The summed E-state index contributed by atoms with van der Waals surface area (Å²) in [6.45, 7) is 3.96. The van der Waals surface area contributed by atoms with E-state index in [0.717, 1.165) is 32.1 Å². The van der Waals surface area contributed by atoms with Crippen molar-refractivity contribution >= 4 is 39.7 Å². The Morgan fingerprint density at radius 2 is 1.83 bits per heavy atom. The van der Waals surface area contributed by atoms with Gasteiger partial charge in [-0.1, -0.05) is 43.0 Å². The van der Waals surface area contributed by atoms with E-state index in [2.05, 4.69) is 5.32 Å². The lowest BCUT2D eigenvalue weighted by Gasteiger charge is -2.09. The lowest BCUT2D eigenvalue weighted by molar-refractivity contribution is -0.143. The molecule has 0 aromatic heterocycles. The van der Waals surface area contributed by atoms with Crippen molar-refractivity contribution in [2.24, 2.45) is 0 Å². The molecule has 0 aliphatic heterocycles. The Kier molecular flexibility index (Phi) is 11.4. The van der Waals surface area contributed by atoms with Crippen LogP contribution >= 0.6 is 11.6 Å². The monoisotopic (exact) mass is 444 g/mol. The van der Waals surface area contributed by atoms with Gasteiger partial charge in [-0.15, -0.1) is 0 Å². The molecule has 7 nitrogen and oxygen atoms in total. The number of carbonyl (C=O) groups excluding carboxylic acids is 2. The number of benzene rings is 1. The summed E-state index contributed by atoms with van der Waals surface area (Å²) in [7, 11) is -3.93. The highest BCUT2D eigenvalue weighted by atomic mass is 35.5. The summed E-state index contributed by atoms with van der Waals surface area (Å²) in [5.74, 6) is -0.174. The number of halogens is 1. The summed E-state index contributed by atoms with van der Waals surface area (Å²) in [5, 5.41) is 3.04. The number of unbranched alkanes of at least 4 members (excludes halogenated alkanes) is 4. The van der Waals surface area contributed by atoms with Crippen LogP contribution in [0.15, 0.2) is 29.2 Å². The summed E-state index contributed by atoms with van der Waals surface area (Å²) < 4.78 is 31.3. The number of rotatable bonds is 12. The molecule has 0 bridgehead atoms. The first kappa shape index (κ1) is 25.0. The van der Waals surface area contributed by atoms with Crippen LogP contribution in [0.4, 0.5) is 4.79 Å². The van der Waals surface area contributed by atoms with Gasteiger partial charge in [-0.2, -0.15) is 0 Å². The fourth-order valence-electron chi connectivity index (χ4n) is 2.51. The van der Waals surface area contributed by atoms with E-state index in [-0.39, 0.29) is 10.9 Å². The van der Waals surface area contributed by atoms with Crippen molar-refractivity contribution in [1.29, 1.82) is 0 Å². The maximum Gasteiger partial charge on any atom is 0.328 e. The Bertz CT molecular complexity index is 809. The van der Waals surface area contributed by atoms with E-state index in [9.17, 15) is 18.0 Å². The first-order valence-corrected chi connectivity index (χ1v) is 11.5. The molecule has 9 heteroatoms. The molecule has 0 fully saturated rings. The quantitative estimate of drug-likeness (QED) is 0.371. The summed E-state index contributed by atoms with van der Waals surface area (Å²) in [6.07, 6.45) is 6.10. The molecule has 0 saturated carbocycles. The third kappa shape index (κ3) is 10.9. The van der Waals surface area contributed by atoms with Crippen molar-refractivity contribution in [2.75, 3.05) is 13.2 Å². The second-order valence-corrected chi connectivity index (χ2v) is 8.79. The molecule has 1 rings (SSSR count). The molecular weight excluding hydrogens is 416 g/mol. The number of hydrogen-bond donors (Lipinski definition) is 2. The van der Waals surface area contributed by atoms with E-state index in [1.54, 1.807) is 31.2 Å². The molecule has 2 N–H and O–H groups in total. The summed E-state index contributed by atoms with van der Waals surface area (Å²) in [6, 6.07) is 6.00. The van der Waals surface area contributed by atoms with Crippen LogP contribution in [0.1, 0.15) is 57.9 Å². The largest absolute Gasteiger partial charge is 0.466 e. The second-order valence-electron chi connectivity index (χ2n) is 6.49. The highest BCUT2D eigenvalue weighted by Crippen LogP contribution is 2.15. The van der Waals surface area contributed by atoms with Crippen molar-refractivity contribution in [2.45, 2.75) is 52.4 Å². The van der Waals surface area contributed by atoms with Crippen LogP contribution in [0.5, 0.6) is 0 Å². The van der Waals surface area contributed by atoms with Gasteiger partial charge in [0.1, 0.15) is 0 Å². The molecule has 0 saturated heterocycles. The second kappa shape index (κ2) is 13.2. The minimum absolute atomic E-state index is 0.0107. The van der Waals surface area contributed by atoms with Crippen LogP contribution in [0.2, 0.25) is 5.02 Å². The smallest absolute Gasteiger partial charge is 0.328 e. The van der Waals surface area contributed by atoms with Crippen LogP contribution in [-0.4, -0.2) is 33.6 Å². The van der Waals surface area contributed by atoms with Crippen LogP contribution in [0.3, 0.4) is 0 Å². The van der Waals surface area contributed by atoms with Gasteiger partial charge in [0.05, 0.1) is 11.5 Å². The van der Waals surface area contributed by atoms with Gasteiger partial charge < -0.3 is 10.1 Å². The fourth-order valence-corrected chi connectivity index (χ4v) is 3.47. The molecule has 29 heavy (non-hydrogen) atoms. The average molecular weight is 445 g/mol. The number of urea groups is 1. The van der Waals surface area contributed by atoms with Crippen molar-refractivity contribution in [3.05, 3.63) is 39.8 Å². The molecule has 162 valence electrons. The predicted molar refractivity (Wildman–Crippen MR) is 115 cm³/mol. The van der Waals surface area contributed by atoms with Crippen molar-refractivity contribution in [3.8, 4) is 0 Å². The van der Waals surface area contributed by atoms with Crippen LogP contribution < -0.4 is 10.0 Å². The van der Waals surface area contributed by atoms with Crippen molar-refractivity contribution in [3.63, 3.8) is 0 Å². The Balaban J connectivity index is 2.27. The standard InChI is InChI=1S/C20H29ClN2O5S/c1-3-28-19(24)12-7-5-4-6-8-13-22-20(25)23-29(26,27)16(2)14-17-10-9-11-18(21)15-17/h9-11,14-15H,3-8,12-13H2,1-2H3,(H2,22,23,25)/b16-14+. The van der Waals surface area contributed by atoms with Gasteiger partial charge in [0, 0.05) is 18.0 Å². The highest BCUT2D eigenvalue weighted by molar-refractivity contribution is 7.94. The van der Waals surface area contributed by atoms with E-state index in [4.69, 9.17) is 16.3 Å². The number of ether oxygens (including phenoxy) is 1. The van der Waals surface area contributed by atoms with E-state index in [0.29, 0.717) is 30.2 Å². The minimum atomic E-state index is -3.93. The number of amides is 2. The van der Waals surface area contributed by atoms with Crippen LogP contribution in [0.25, 0.3) is 6.08 Å². The maximum absolute atomic E-state index is 12.2. The van der Waals surface area contributed by atoms with E-state index < -0.39 is 16.1 Å². The first-order chi connectivity index (χ1) is 13.7. The number of carbonyl (C=O) groups is 2. The van der Waals surface area contributed by atoms with Crippen LogP contribution in [-0.2, 0) is 19.6 Å². The number of hydrogen-bond acceptors (Lipinski definition) is 5. The van der Waals surface area contributed by atoms with Gasteiger partial charge in [0.2, 0.25) is 0 Å². The molecule has 1 aromatic rings. The third-order valence-electron chi connectivity index (χ3n) is 4.02. The molecular formula is C20H29ClN2O5S. The van der Waals surface area contributed by atoms with Crippen molar-refractivity contribution in [1.82, 2.24) is 10.0 Å². The Labute approximate surface area is 177 Å². The molecule has 2 amide bonds. The van der Waals surface area contributed by atoms with E-state index in [1.165, 1.54) is 13.0 Å². The van der Waals surface area contributed by atoms with Gasteiger partial charge in [-0.3, -0.25) is 4.79 Å². The van der Waals surface area contributed by atoms with Gasteiger partial charge >= 0.3 is 12.0 Å². The highest BCUT2D eigenvalue weighted by Gasteiger charge is 2.16. The van der Waals surface area contributed by atoms with Gasteiger partial charge in [-0.05, 0) is 50.5 Å². The Morgan fingerprint density at radius 3 is 2.52 bits per heavy atom. The first-order valence-electron chi connectivity index (χ1n) is 9.64. The summed E-state index contributed by atoms with van der Waals surface area (Å²) >= 11 is 5.89.